The highest BCUT2D eigenvalue weighted by Crippen LogP contribution is 2.22. The molecule has 0 radical (unpaired) electrons. The average Bonchev–Trinajstić information content (AvgIpc) is 2.34. The van der Waals surface area contributed by atoms with E-state index in [9.17, 15) is 4.79 Å². The summed E-state index contributed by atoms with van der Waals surface area (Å²) < 4.78 is 1.02. The van der Waals surface area contributed by atoms with E-state index in [0.29, 0.717) is 0 Å². The molecule has 1 aromatic heterocycles. The zero-order valence-electron chi connectivity index (χ0n) is 6.43. The quantitative estimate of drug-likeness (QED) is 0.716. The maximum Gasteiger partial charge on any atom is 0.166 e. The van der Waals surface area contributed by atoms with E-state index >= 15 is 0 Å². The van der Waals surface area contributed by atoms with Gasteiger partial charge in [-0.2, -0.15) is 0 Å². The van der Waals surface area contributed by atoms with Crippen LogP contribution in [0, 0.1) is 5.92 Å². The number of rotatable bonds is 2. The van der Waals surface area contributed by atoms with Crippen LogP contribution in [0.5, 0.6) is 0 Å². The van der Waals surface area contributed by atoms with E-state index < -0.39 is 0 Å². The monoisotopic (exact) mass is 232 g/mol. The predicted octanol–water partition coefficient (Wildman–Crippen LogP) is 3.35. The third kappa shape index (κ3) is 2.14. The third-order valence-corrected chi connectivity index (χ3v) is 2.88. The zero-order valence-corrected chi connectivity index (χ0v) is 8.83. The van der Waals surface area contributed by atoms with Gasteiger partial charge in [0.05, 0.1) is 3.79 Å². The van der Waals surface area contributed by atoms with Crippen LogP contribution in [-0.4, -0.2) is 5.78 Å². The largest absolute Gasteiger partial charge is 0.294 e. The summed E-state index contributed by atoms with van der Waals surface area (Å²) in [6, 6.07) is 1.87. The molecule has 1 rings (SSSR count). The van der Waals surface area contributed by atoms with Crippen molar-refractivity contribution >= 4 is 33.0 Å². The highest BCUT2D eigenvalue weighted by molar-refractivity contribution is 9.11. The number of Topliss-reactive ketones (excluding diaryl/α,β-unsaturated/α-hetero) is 1. The first kappa shape index (κ1) is 8.94. The number of hydrogen-bond donors (Lipinski definition) is 0. The number of thiophene rings is 1. The van der Waals surface area contributed by atoms with E-state index in [2.05, 4.69) is 15.9 Å². The Bertz CT molecular complexity index is 265. The van der Waals surface area contributed by atoms with Gasteiger partial charge < -0.3 is 0 Å². The highest BCUT2D eigenvalue weighted by Gasteiger charge is 2.11. The minimum atomic E-state index is 0.0940. The number of carbonyl (C=O) groups excluding carboxylic acids is 1. The van der Waals surface area contributed by atoms with Crippen LogP contribution in [0.3, 0.4) is 0 Å². The smallest absolute Gasteiger partial charge is 0.166 e. The van der Waals surface area contributed by atoms with Gasteiger partial charge in [-0.15, -0.1) is 11.3 Å². The molecule has 0 aliphatic rings. The fourth-order valence-corrected chi connectivity index (χ4v) is 1.92. The zero-order chi connectivity index (χ0) is 8.43. The van der Waals surface area contributed by atoms with Crippen LogP contribution in [0.25, 0.3) is 0 Å². The van der Waals surface area contributed by atoms with Gasteiger partial charge in [-0.05, 0) is 22.0 Å². The summed E-state index contributed by atoms with van der Waals surface area (Å²) in [5, 5.41) is 1.88. The molecule has 0 atom stereocenters. The normalized spacial score (nSPS) is 10.5. The van der Waals surface area contributed by atoms with E-state index in [1.54, 1.807) is 11.3 Å². The van der Waals surface area contributed by atoms with E-state index in [1.165, 1.54) is 0 Å². The fourth-order valence-electron chi connectivity index (χ4n) is 0.773. The van der Waals surface area contributed by atoms with Crippen LogP contribution < -0.4 is 0 Å². The molecule has 1 nitrogen and oxygen atoms in total. The van der Waals surface area contributed by atoms with Gasteiger partial charge in [-0.3, -0.25) is 4.79 Å². The van der Waals surface area contributed by atoms with Crippen molar-refractivity contribution in [1.82, 2.24) is 0 Å². The van der Waals surface area contributed by atoms with Gasteiger partial charge in [-0.25, -0.2) is 0 Å². The van der Waals surface area contributed by atoms with Crippen LogP contribution in [0.2, 0.25) is 0 Å². The summed E-state index contributed by atoms with van der Waals surface area (Å²) in [6.07, 6.45) is 0. The second-order valence-electron chi connectivity index (χ2n) is 2.66. The van der Waals surface area contributed by atoms with Crippen LogP contribution >= 0.6 is 27.3 Å². The molecule has 0 amide bonds. The van der Waals surface area contributed by atoms with Crippen molar-refractivity contribution in [3.63, 3.8) is 0 Å². The van der Waals surface area contributed by atoms with Gasteiger partial charge in [0, 0.05) is 16.9 Å². The van der Waals surface area contributed by atoms with Crippen molar-refractivity contribution in [1.29, 1.82) is 0 Å². The molecule has 1 aromatic rings. The SMILES string of the molecule is CC(C)C(=O)c1csc(Br)c1. The molecule has 0 saturated carbocycles. The van der Waals surface area contributed by atoms with Gasteiger partial charge in [0.2, 0.25) is 0 Å². The standard InChI is InChI=1S/C8H9BrOS/c1-5(2)8(10)6-3-7(9)11-4-6/h3-5H,1-2H3. The van der Waals surface area contributed by atoms with Crippen molar-refractivity contribution < 1.29 is 4.79 Å². The summed E-state index contributed by atoms with van der Waals surface area (Å²) in [5.41, 5.74) is 0.817. The van der Waals surface area contributed by atoms with Crippen molar-refractivity contribution in [3.8, 4) is 0 Å². The minimum Gasteiger partial charge on any atom is -0.294 e. The maximum absolute atomic E-state index is 11.3. The van der Waals surface area contributed by atoms with Gasteiger partial charge in [0.1, 0.15) is 0 Å². The van der Waals surface area contributed by atoms with Gasteiger partial charge in [0.25, 0.3) is 0 Å². The maximum atomic E-state index is 11.3. The molecule has 1 heterocycles. The summed E-state index contributed by atoms with van der Waals surface area (Å²) in [4.78, 5) is 11.3. The Balaban J connectivity index is 2.85. The first-order valence-corrected chi connectivity index (χ1v) is 5.06. The van der Waals surface area contributed by atoms with Gasteiger partial charge in [-0.1, -0.05) is 13.8 Å². The number of ketones is 1. The first-order chi connectivity index (χ1) is 5.11. The lowest BCUT2D eigenvalue weighted by molar-refractivity contribution is 0.0940. The van der Waals surface area contributed by atoms with Crippen LogP contribution in [0.4, 0.5) is 0 Å². The topological polar surface area (TPSA) is 17.1 Å². The number of halogens is 1. The van der Waals surface area contributed by atoms with Crippen LogP contribution in [0.1, 0.15) is 24.2 Å². The number of carbonyl (C=O) groups is 1. The van der Waals surface area contributed by atoms with E-state index in [1.807, 2.05) is 25.3 Å². The molecule has 60 valence electrons. The van der Waals surface area contributed by atoms with Crippen molar-refractivity contribution in [3.05, 3.63) is 20.8 Å². The molecule has 0 aromatic carbocycles. The Labute approximate surface area is 78.6 Å². The third-order valence-electron chi connectivity index (χ3n) is 1.38. The van der Waals surface area contributed by atoms with Crippen molar-refractivity contribution in [2.75, 3.05) is 0 Å². The number of hydrogen-bond acceptors (Lipinski definition) is 2. The predicted molar refractivity (Wildman–Crippen MR) is 51.2 cm³/mol. The summed E-state index contributed by atoms with van der Waals surface area (Å²) in [5.74, 6) is 0.309. The molecule has 0 bridgehead atoms. The molecule has 0 aliphatic carbocycles. The van der Waals surface area contributed by atoms with E-state index in [0.717, 1.165) is 9.35 Å². The van der Waals surface area contributed by atoms with Gasteiger partial charge in [0.15, 0.2) is 5.78 Å². The second kappa shape index (κ2) is 3.50. The Hall–Kier alpha value is -0.150. The molecule has 0 aliphatic heterocycles. The van der Waals surface area contributed by atoms with Crippen molar-refractivity contribution in [2.45, 2.75) is 13.8 Å². The summed E-state index contributed by atoms with van der Waals surface area (Å²) >= 11 is 4.86. The molecule has 11 heavy (non-hydrogen) atoms. The van der Waals surface area contributed by atoms with E-state index in [4.69, 9.17) is 0 Å². The summed E-state index contributed by atoms with van der Waals surface area (Å²) in [6.45, 7) is 3.82. The first-order valence-electron chi connectivity index (χ1n) is 3.39. The molecule has 0 spiro atoms. The lowest BCUT2D eigenvalue weighted by Crippen LogP contribution is -2.05. The Morgan fingerprint density at radius 2 is 2.27 bits per heavy atom. The van der Waals surface area contributed by atoms with Crippen LogP contribution in [0.15, 0.2) is 15.2 Å². The van der Waals surface area contributed by atoms with Crippen LogP contribution in [-0.2, 0) is 0 Å². The molecule has 0 N–H and O–H groups in total. The molecule has 0 unspecified atom stereocenters. The molecular formula is C8H9BrOS. The average molecular weight is 233 g/mol. The Morgan fingerprint density at radius 3 is 2.64 bits per heavy atom. The molecular weight excluding hydrogens is 224 g/mol. The lowest BCUT2D eigenvalue weighted by atomic mass is 10.0. The fraction of sp³-hybridized carbons (Fsp3) is 0.375. The highest BCUT2D eigenvalue weighted by atomic mass is 79.9. The van der Waals surface area contributed by atoms with E-state index in [-0.39, 0.29) is 11.7 Å². The minimum absolute atomic E-state index is 0.0940. The lowest BCUT2D eigenvalue weighted by Gasteiger charge is -1.98. The molecule has 3 heteroatoms. The Morgan fingerprint density at radius 1 is 1.64 bits per heavy atom. The Kier molecular flexibility index (Phi) is 2.84. The molecule has 0 saturated heterocycles. The van der Waals surface area contributed by atoms with Gasteiger partial charge >= 0.3 is 0 Å². The molecule has 0 fully saturated rings. The second-order valence-corrected chi connectivity index (χ2v) is 4.95. The van der Waals surface area contributed by atoms with Crippen molar-refractivity contribution in [2.24, 2.45) is 5.92 Å². The summed E-state index contributed by atoms with van der Waals surface area (Å²) in [7, 11) is 0.